The van der Waals surface area contributed by atoms with Gasteiger partial charge in [-0.15, -0.1) is 0 Å². The Labute approximate surface area is 135 Å². The van der Waals surface area contributed by atoms with E-state index in [2.05, 4.69) is 34.9 Å². The van der Waals surface area contributed by atoms with Crippen molar-refractivity contribution in [2.24, 2.45) is 0 Å². The maximum atomic E-state index is 11.9. The predicted octanol–water partition coefficient (Wildman–Crippen LogP) is 4.34. The van der Waals surface area contributed by atoms with E-state index in [9.17, 15) is 4.79 Å². The zero-order chi connectivity index (χ0) is 15.2. The van der Waals surface area contributed by atoms with Crippen molar-refractivity contribution in [3.63, 3.8) is 0 Å². The molecule has 1 aromatic rings. The van der Waals surface area contributed by atoms with E-state index in [0.29, 0.717) is 0 Å². The normalized spacial score (nSPS) is 11.1. The fourth-order valence-corrected chi connectivity index (χ4v) is 1.96. The largest absolute Gasteiger partial charge is 0.443 e. The zero-order valence-electron chi connectivity index (χ0n) is 12.6. The highest BCUT2D eigenvalue weighted by atomic mass is 127. The van der Waals surface area contributed by atoms with Crippen molar-refractivity contribution in [2.75, 3.05) is 11.6 Å². The second-order valence-corrected chi connectivity index (χ2v) is 6.84. The third kappa shape index (κ3) is 6.45. The Bertz CT molecular complexity index is 426. The number of nitrogens with zero attached hydrogens (tertiary/aromatic N) is 1. The molecule has 0 radical (unpaired) electrons. The lowest BCUT2D eigenvalue weighted by Crippen LogP contribution is -2.45. The van der Waals surface area contributed by atoms with Crippen LogP contribution in [0.3, 0.4) is 0 Å². The van der Waals surface area contributed by atoms with Crippen LogP contribution >= 0.6 is 22.6 Å². The van der Waals surface area contributed by atoms with Gasteiger partial charge in [-0.2, -0.15) is 0 Å². The topological polar surface area (TPSA) is 41.6 Å². The van der Waals surface area contributed by atoms with Gasteiger partial charge in [0.15, 0.2) is 0 Å². The Morgan fingerprint density at radius 2 is 1.90 bits per heavy atom. The van der Waals surface area contributed by atoms with E-state index in [-0.39, 0.29) is 0 Å². The highest BCUT2D eigenvalue weighted by Crippen LogP contribution is 2.16. The molecular formula is C15H23IN2O2. The van der Waals surface area contributed by atoms with Crippen molar-refractivity contribution >= 4 is 34.4 Å². The van der Waals surface area contributed by atoms with E-state index in [0.717, 1.165) is 25.1 Å². The number of anilines is 1. The SMILES string of the molecule is CCCCN(NC(=O)OC(C)(C)C)c1ccc(I)cc1. The fraction of sp³-hybridized carbons (Fsp3) is 0.533. The number of nitrogens with one attached hydrogen (secondary N) is 1. The van der Waals surface area contributed by atoms with E-state index in [1.165, 1.54) is 3.57 Å². The highest BCUT2D eigenvalue weighted by molar-refractivity contribution is 14.1. The van der Waals surface area contributed by atoms with Crippen molar-refractivity contribution in [1.82, 2.24) is 5.43 Å². The highest BCUT2D eigenvalue weighted by Gasteiger charge is 2.18. The van der Waals surface area contributed by atoms with Crippen molar-refractivity contribution in [3.05, 3.63) is 27.8 Å². The van der Waals surface area contributed by atoms with E-state index in [1.807, 2.05) is 50.0 Å². The lowest BCUT2D eigenvalue weighted by Gasteiger charge is -2.27. The molecule has 0 unspecified atom stereocenters. The van der Waals surface area contributed by atoms with Gasteiger partial charge in [0.2, 0.25) is 0 Å². The average molecular weight is 390 g/mol. The summed E-state index contributed by atoms with van der Waals surface area (Å²) in [5, 5.41) is 1.84. The number of hydrogen-bond donors (Lipinski definition) is 1. The van der Waals surface area contributed by atoms with Crippen molar-refractivity contribution in [2.45, 2.75) is 46.1 Å². The van der Waals surface area contributed by atoms with Gasteiger partial charge in [-0.3, -0.25) is 5.01 Å². The minimum Gasteiger partial charge on any atom is -0.443 e. The molecule has 1 amide bonds. The van der Waals surface area contributed by atoms with Gasteiger partial charge in [-0.05, 0) is 74.0 Å². The molecule has 0 saturated heterocycles. The second kappa shape index (κ2) is 7.71. The molecule has 1 rings (SSSR count). The molecule has 5 heteroatoms. The number of carbonyl (C=O) groups is 1. The molecule has 1 aromatic carbocycles. The summed E-state index contributed by atoms with van der Waals surface area (Å²) >= 11 is 2.26. The van der Waals surface area contributed by atoms with Gasteiger partial charge < -0.3 is 4.74 Å². The van der Waals surface area contributed by atoms with Crippen LogP contribution in [0.2, 0.25) is 0 Å². The lowest BCUT2D eigenvalue weighted by atomic mass is 10.2. The molecule has 0 aliphatic rings. The molecule has 0 spiro atoms. The summed E-state index contributed by atoms with van der Waals surface area (Å²) in [4.78, 5) is 11.9. The predicted molar refractivity (Wildman–Crippen MR) is 90.8 cm³/mol. The van der Waals surface area contributed by atoms with Crippen LogP contribution in [0, 0.1) is 3.57 Å². The molecule has 20 heavy (non-hydrogen) atoms. The summed E-state index contributed by atoms with van der Waals surface area (Å²) in [5.41, 5.74) is 3.28. The van der Waals surface area contributed by atoms with Gasteiger partial charge >= 0.3 is 6.09 Å². The first-order valence-electron chi connectivity index (χ1n) is 6.84. The maximum Gasteiger partial charge on any atom is 0.426 e. The van der Waals surface area contributed by atoms with Crippen LogP contribution in [-0.2, 0) is 4.74 Å². The van der Waals surface area contributed by atoms with Crippen LogP contribution < -0.4 is 10.4 Å². The van der Waals surface area contributed by atoms with Crippen LogP contribution in [-0.4, -0.2) is 18.2 Å². The number of halogens is 1. The van der Waals surface area contributed by atoms with Gasteiger partial charge in [-0.1, -0.05) is 13.3 Å². The standard InChI is InChI=1S/C15H23IN2O2/c1-5-6-11-18(13-9-7-12(16)8-10-13)17-14(19)20-15(2,3)4/h7-10H,5-6,11H2,1-4H3,(H,17,19). The minimum absolute atomic E-state index is 0.424. The van der Waals surface area contributed by atoms with Crippen molar-refractivity contribution < 1.29 is 9.53 Å². The summed E-state index contributed by atoms with van der Waals surface area (Å²) in [7, 11) is 0. The van der Waals surface area contributed by atoms with Gasteiger partial charge in [0, 0.05) is 10.1 Å². The quantitative estimate of drug-likeness (QED) is 0.601. The van der Waals surface area contributed by atoms with Crippen molar-refractivity contribution in [3.8, 4) is 0 Å². The molecule has 4 nitrogen and oxygen atoms in total. The number of carbonyl (C=O) groups excluding carboxylic acids is 1. The number of hydrogen-bond acceptors (Lipinski definition) is 3. The molecule has 0 aliphatic heterocycles. The molecule has 0 aliphatic carbocycles. The summed E-state index contributed by atoms with van der Waals surface area (Å²) in [6.07, 6.45) is 1.64. The van der Waals surface area contributed by atoms with Gasteiger partial charge in [0.25, 0.3) is 0 Å². The summed E-state index contributed by atoms with van der Waals surface area (Å²) in [6, 6.07) is 8.03. The van der Waals surface area contributed by atoms with E-state index >= 15 is 0 Å². The van der Waals surface area contributed by atoms with Crippen molar-refractivity contribution in [1.29, 1.82) is 0 Å². The van der Waals surface area contributed by atoms with Crippen LogP contribution in [0.4, 0.5) is 10.5 Å². The Kier molecular flexibility index (Phi) is 6.58. The average Bonchev–Trinajstić information content (AvgIpc) is 2.33. The smallest absolute Gasteiger partial charge is 0.426 e. The zero-order valence-corrected chi connectivity index (χ0v) is 14.7. The first kappa shape index (κ1) is 17.1. The maximum absolute atomic E-state index is 11.9. The Balaban J connectivity index is 2.74. The molecule has 0 aromatic heterocycles. The number of amides is 1. The first-order valence-corrected chi connectivity index (χ1v) is 7.92. The molecule has 0 saturated carbocycles. The van der Waals surface area contributed by atoms with Gasteiger partial charge in [0.1, 0.15) is 5.60 Å². The van der Waals surface area contributed by atoms with Crippen LogP contribution in [0.5, 0.6) is 0 Å². The van der Waals surface area contributed by atoms with Crippen LogP contribution in [0.1, 0.15) is 40.5 Å². The summed E-state index contributed by atoms with van der Waals surface area (Å²) < 4.78 is 6.47. The number of ether oxygens (including phenoxy) is 1. The monoisotopic (exact) mass is 390 g/mol. The molecule has 0 fully saturated rings. The third-order valence-corrected chi connectivity index (χ3v) is 3.22. The number of benzene rings is 1. The van der Waals surface area contributed by atoms with E-state index in [4.69, 9.17) is 4.74 Å². The second-order valence-electron chi connectivity index (χ2n) is 5.60. The van der Waals surface area contributed by atoms with Crippen LogP contribution in [0.25, 0.3) is 0 Å². The number of hydrazine groups is 1. The molecule has 1 N–H and O–H groups in total. The lowest BCUT2D eigenvalue weighted by molar-refractivity contribution is 0.0520. The molecule has 112 valence electrons. The number of unbranched alkanes of at least 4 members (excludes halogenated alkanes) is 1. The minimum atomic E-state index is -0.493. The molecule has 0 atom stereocenters. The molecular weight excluding hydrogens is 367 g/mol. The summed E-state index contributed by atoms with van der Waals surface area (Å²) in [5.74, 6) is 0. The number of rotatable bonds is 5. The molecule has 0 heterocycles. The van der Waals surface area contributed by atoms with Gasteiger partial charge in [0.05, 0.1) is 5.69 Å². The van der Waals surface area contributed by atoms with E-state index in [1.54, 1.807) is 0 Å². The first-order chi connectivity index (χ1) is 9.31. The van der Waals surface area contributed by atoms with E-state index < -0.39 is 11.7 Å². The fourth-order valence-electron chi connectivity index (χ4n) is 1.60. The Hall–Kier alpha value is -0.980. The third-order valence-electron chi connectivity index (χ3n) is 2.50. The van der Waals surface area contributed by atoms with Gasteiger partial charge in [-0.25, -0.2) is 10.2 Å². The Morgan fingerprint density at radius 1 is 1.30 bits per heavy atom. The van der Waals surface area contributed by atoms with Crippen LogP contribution in [0.15, 0.2) is 24.3 Å². The molecule has 0 bridgehead atoms. The summed E-state index contributed by atoms with van der Waals surface area (Å²) in [6.45, 7) is 8.45. The Morgan fingerprint density at radius 3 is 2.40 bits per heavy atom.